The average molecular weight is 876 g/mol. The number of aromatic carboxylic acids is 1. The van der Waals surface area contributed by atoms with Crippen molar-refractivity contribution in [2.75, 3.05) is 37.5 Å². The fraction of sp³-hybridized carbons (Fsp3) is 0.273. The number of ether oxygens (including phenoxy) is 6. The molecule has 0 atom stereocenters. The van der Waals surface area contributed by atoms with Crippen molar-refractivity contribution >= 4 is 46.5 Å². The Hall–Kier alpha value is -5.94. The summed E-state index contributed by atoms with van der Waals surface area (Å²) in [6, 6.07) is 28.1. The van der Waals surface area contributed by atoms with Crippen molar-refractivity contribution in [3.05, 3.63) is 130 Å². The van der Waals surface area contributed by atoms with E-state index in [4.69, 9.17) is 71.5 Å². The molecule has 4 aromatic carbocycles. The number of aromatic nitrogens is 2. The maximum Gasteiger partial charge on any atom is 0.358 e. The first-order valence-electron chi connectivity index (χ1n) is 19.2. The highest BCUT2D eigenvalue weighted by Gasteiger charge is 2.21. The smallest absolute Gasteiger partial charge is 0.358 e. The van der Waals surface area contributed by atoms with Gasteiger partial charge in [0.05, 0.1) is 48.7 Å². The average Bonchev–Trinajstić information content (AvgIpc) is 4.09. The Morgan fingerprint density at radius 3 is 1.52 bits per heavy atom. The highest BCUT2D eigenvalue weighted by molar-refractivity contribution is 6.32. The number of nitrogen functional groups attached to an aromatic ring is 1. The lowest BCUT2D eigenvalue weighted by Crippen LogP contribution is -2.12. The number of carboxylic acid groups (broad SMARTS) is 1. The lowest BCUT2D eigenvalue weighted by molar-refractivity contribution is -0.0443. The molecule has 0 aliphatic carbocycles. The Morgan fingerprint density at radius 1 is 0.656 bits per heavy atom. The molecule has 61 heavy (non-hydrogen) atoms. The van der Waals surface area contributed by atoms with Gasteiger partial charge in [-0.15, -0.1) is 0 Å². The zero-order chi connectivity index (χ0) is 43.5. The minimum Gasteiger partial charge on any atom is -0.489 e. The summed E-state index contributed by atoms with van der Waals surface area (Å²) in [5.74, 6) is 0.629. The molecule has 4 N–H and O–H groups in total. The van der Waals surface area contributed by atoms with Crippen LogP contribution in [0.4, 0.5) is 11.4 Å². The molecule has 1 amide bonds. The number of halogens is 2. The zero-order valence-electron chi connectivity index (χ0n) is 33.6. The number of hydrogen-bond donors (Lipinski definition) is 3. The summed E-state index contributed by atoms with van der Waals surface area (Å²) < 4.78 is 43.1. The molecule has 15 nitrogen and oxygen atoms in total. The molecule has 2 aliphatic heterocycles. The highest BCUT2D eigenvalue weighted by atomic mass is 35.5. The van der Waals surface area contributed by atoms with Crippen LogP contribution in [0.2, 0.25) is 10.0 Å². The Balaban J connectivity index is 0.000000171. The van der Waals surface area contributed by atoms with Crippen LogP contribution in [-0.4, -0.2) is 65.9 Å². The van der Waals surface area contributed by atoms with Gasteiger partial charge in [0.25, 0.3) is 5.91 Å². The predicted octanol–water partition coefficient (Wildman–Crippen LogP) is 9.87. The predicted molar refractivity (Wildman–Crippen MR) is 227 cm³/mol. The molecule has 0 bridgehead atoms. The van der Waals surface area contributed by atoms with Gasteiger partial charge in [-0.3, -0.25) is 4.79 Å². The molecular weight excluding hydrogens is 831 g/mol. The van der Waals surface area contributed by atoms with Crippen LogP contribution in [-0.2, 0) is 18.9 Å². The fourth-order valence-corrected chi connectivity index (χ4v) is 6.19. The van der Waals surface area contributed by atoms with Crippen molar-refractivity contribution in [3.8, 4) is 34.1 Å². The van der Waals surface area contributed by atoms with E-state index in [9.17, 15) is 9.59 Å². The molecule has 2 aliphatic rings. The van der Waals surface area contributed by atoms with Gasteiger partial charge >= 0.3 is 5.97 Å². The van der Waals surface area contributed by atoms with Gasteiger partial charge in [0.1, 0.15) is 11.5 Å². The van der Waals surface area contributed by atoms with E-state index in [1.165, 1.54) is 6.07 Å². The van der Waals surface area contributed by atoms with Crippen molar-refractivity contribution in [2.45, 2.75) is 52.5 Å². The van der Waals surface area contributed by atoms with Crippen molar-refractivity contribution in [1.29, 1.82) is 0 Å². The number of hydrogen-bond acceptors (Lipinski definition) is 13. The third kappa shape index (κ3) is 12.5. The van der Waals surface area contributed by atoms with E-state index in [1.54, 1.807) is 42.5 Å². The molecule has 0 unspecified atom stereocenters. The molecule has 0 spiro atoms. The number of carbonyl (C=O) groups is 2. The van der Waals surface area contributed by atoms with Crippen molar-refractivity contribution < 1.29 is 52.2 Å². The third-order valence-corrected chi connectivity index (χ3v) is 9.11. The van der Waals surface area contributed by atoms with Crippen LogP contribution in [0.15, 0.2) is 106 Å². The number of amides is 1. The minimum absolute atomic E-state index is 0.00349. The Morgan fingerprint density at radius 2 is 1.10 bits per heavy atom. The van der Waals surface area contributed by atoms with E-state index in [0.29, 0.717) is 70.9 Å². The van der Waals surface area contributed by atoms with Crippen LogP contribution in [0.3, 0.4) is 0 Å². The summed E-state index contributed by atoms with van der Waals surface area (Å²) >= 11 is 12.1. The monoisotopic (exact) mass is 874 g/mol. The topological polar surface area (TPSA) is 200 Å². The minimum atomic E-state index is -1.11. The number of nitrogens with two attached hydrogens (primary N) is 1. The molecule has 2 saturated heterocycles. The number of anilines is 2. The number of nitrogens with one attached hydrogen (secondary N) is 1. The number of nitrogens with zero attached hydrogens (tertiary/aromatic N) is 2. The van der Waals surface area contributed by atoms with E-state index in [1.807, 2.05) is 76.2 Å². The van der Waals surface area contributed by atoms with Gasteiger partial charge in [-0.25, -0.2) is 4.79 Å². The summed E-state index contributed by atoms with van der Waals surface area (Å²) in [5.41, 5.74) is 10.1. The molecular formula is C44H44Cl2N4O11. The molecule has 17 heteroatoms. The molecule has 8 rings (SSSR count). The fourth-order valence-electron chi connectivity index (χ4n) is 5.73. The van der Waals surface area contributed by atoms with Crippen molar-refractivity contribution in [1.82, 2.24) is 10.3 Å². The van der Waals surface area contributed by atoms with E-state index in [-0.39, 0.29) is 36.2 Å². The summed E-state index contributed by atoms with van der Waals surface area (Å²) in [4.78, 5) is 23.2. The summed E-state index contributed by atoms with van der Waals surface area (Å²) in [6.45, 7) is 10.1. The maximum absolute atomic E-state index is 12.5. The van der Waals surface area contributed by atoms with E-state index < -0.39 is 11.9 Å². The van der Waals surface area contributed by atoms with E-state index in [0.717, 1.165) is 22.3 Å². The molecule has 2 aromatic heterocycles. The normalized spacial score (nSPS) is 14.0. The quantitative estimate of drug-likeness (QED) is 0.104. The maximum atomic E-state index is 12.5. The van der Waals surface area contributed by atoms with Gasteiger partial charge in [0.15, 0.2) is 35.5 Å². The van der Waals surface area contributed by atoms with Gasteiger partial charge in [-0.2, -0.15) is 0 Å². The molecule has 0 saturated carbocycles. The van der Waals surface area contributed by atoms with E-state index in [2.05, 4.69) is 15.6 Å². The van der Waals surface area contributed by atoms with Gasteiger partial charge < -0.3 is 53.6 Å². The number of carbonyl (C=O) groups excluding carboxylic acids is 1. The van der Waals surface area contributed by atoms with Gasteiger partial charge in [-0.05, 0) is 64.1 Å². The second-order valence-electron chi connectivity index (χ2n) is 14.0. The van der Waals surface area contributed by atoms with Crippen LogP contribution < -0.4 is 20.5 Å². The summed E-state index contributed by atoms with van der Waals surface area (Å²) in [6.07, 6.45) is -0.521. The summed E-state index contributed by atoms with van der Waals surface area (Å²) in [7, 11) is 0. The van der Waals surface area contributed by atoms with Crippen LogP contribution >= 0.6 is 23.2 Å². The van der Waals surface area contributed by atoms with Gasteiger partial charge in [-0.1, -0.05) is 82.0 Å². The SMILES string of the molecule is CC(C)Oc1ccc(N)cc1Cl.CC(C)Oc1ccc(NC(=O)c2cc(-c3ccc(C4OCCO4)cc3)on2)cc1Cl.O=C(O)c1cc(-c2ccc(C3OCCO3)cc2)on1. The lowest BCUT2D eigenvalue weighted by atomic mass is 10.1. The first kappa shape index (κ1) is 44.6. The number of rotatable bonds is 11. The summed E-state index contributed by atoms with van der Waals surface area (Å²) in [5, 5.41) is 19.8. The second kappa shape index (κ2) is 21.0. The Kier molecular flexibility index (Phi) is 15.4. The van der Waals surface area contributed by atoms with Gasteiger partial charge in [0.2, 0.25) is 0 Å². The van der Waals surface area contributed by atoms with Crippen LogP contribution in [0.25, 0.3) is 22.6 Å². The van der Waals surface area contributed by atoms with Crippen LogP contribution in [0.1, 0.15) is 72.4 Å². The largest absolute Gasteiger partial charge is 0.489 e. The first-order valence-corrected chi connectivity index (χ1v) is 19.9. The van der Waals surface area contributed by atoms with Crippen molar-refractivity contribution in [3.63, 3.8) is 0 Å². The lowest BCUT2D eigenvalue weighted by Gasteiger charge is -2.12. The van der Waals surface area contributed by atoms with E-state index >= 15 is 0 Å². The van der Waals surface area contributed by atoms with Crippen LogP contribution in [0, 0.1) is 0 Å². The van der Waals surface area contributed by atoms with Crippen molar-refractivity contribution in [2.24, 2.45) is 0 Å². The first-order chi connectivity index (χ1) is 29.3. The highest BCUT2D eigenvalue weighted by Crippen LogP contribution is 2.31. The number of benzene rings is 4. The second-order valence-corrected chi connectivity index (χ2v) is 14.8. The van der Waals surface area contributed by atoms with Gasteiger partial charge in [0, 0.05) is 45.8 Å². The number of carboxylic acids is 1. The molecule has 4 heterocycles. The Labute approximate surface area is 361 Å². The Bertz CT molecular complexity index is 2370. The molecule has 0 radical (unpaired) electrons. The standard InChI is InChI=1S/C22H21ClN2O5.C13H11NO5.C9H12ClNO/c1-13(2)29-19-8-7-16(11-17(19)23)24-21(26)18-12-20(30-25-18)14-3-5-15(6-4-14)22-27-9-10-28-22;15-12(16)10-7-11(19-14-10)8-1-3-9(4-2-8)13-17-5-6-18-13;1-6(2)12-9-4-3-7(11)5-8(9)10/h3-8,11-13,22H,9-10H2,1-2H3,(H,24,26);1-4,7,13H,5-6H2,(H,15,16);3-6H,11H2,1-2H3. The third-order valence-electron chi connectivity index (χ3n) is 8.52. The molecule has 2 fully saturated rings. The molecule has 6 aromatic rings. The van der Waals surface area contributed by atoms with Crippen LogP contribution in [0.5, 0.6) is 11.5 Å². The molecule has 320 valence electrons. The zero-order valence-corrected chi connectivity index (χ0v) is 35.1.